The molecule has 0 radical (unpaired) electrons. The summed E-state index contributed by atoms with van der Waals surface area (Å²) in [5, 5.41) is 0. The predicted molar refractivity (Wildman–Crippen MR) is 122 cm³/mol. The van der Waals surface area contributed by atoms with E-state index >= 15 is 0 Å². The van der Waals surface area contributed by atoms with E-state index in [1.165, 1.54) is 5.84 Å². The summed E-state index contributed by atoms with van der Waals surface area (Å²) >= 11 is 0. The van der Waals surface area contributed by atoms with Gasteiger partial charge in [-0.05, 0) is 44.9 Å². The number of aliphatic imine (C=N–C) groups is 1. The molecule has 0 fully saturated rings. The van der Waals surface area contributed by atoms with Crippen LogP contribution in [-0.2, 0) is 0 Å². The van der Waals surface area contributed by atoms with E-state index < -0.39 is 0 Å². The Kier molecular flexibility index (Phi) is 14.7. The fourth-order valence-corrected chi connectivity index (χ4v) is 2.70. The largest absolute Gasteiger partial charge is 0.362 e. The average Bonchev–Trinajstić information content (AvgIpc) is 3.08. The fourth-order valence-electron chi connectivity index (χ4n) is 2.70. The lowest BCUT2D eigenvalue weighted by Crippen LogP contribution is -2.22. The second-order valence-corrected chi connectivity index (χ2v) is 6.67. The molecule has 0 aliphatic carbocycles. The second kappa shape index (κ2) is 17.3. The molecule has 1 heterocycles. The highest BCUT2D eigenvalue weighted by Crippen LogP contribution is 2.05. The third-order valence-corrected chi connectivity index (χ3v) is 4.30. The highest BCUT2D eigenvalue weighted by Gasteiger charge is 2.09. The highest BCUT2D eigenvalue weighted by molar-refractivity contribution is 5.83. The number of nitrogens with zero attached hydrogens (tertiary/aromatic N) is 2. The van der Waals surface area contributed by atoms with Gasteiger partial charge in [0.05, 0.1) is 12.4 Å². The van der Waals surface area contributed by atoms with Crippen LogP contribution in [0.1, 0.15) is 58.3 Å². The maximum absolute atomic E-state index is 4.51. The molecule has 0 unspecified atom stereocenters. The van der Waals surface area contributed by atoms with Gasteiger partial charge in [-0.3, -0.25) is 4.99 Å². The molecule has 0 N–H and O–H groups in total. The summed E-state index contributed by atoms with van der Waals surface area (Å²) in [5.74, 6) is 1.26. The zero-order valence-electron chi connectivity index (χ0n) is 17.4. The summed E-state index contributed by atoms with van der Waals surface area (Å²) in [5.41, 5.74) is 0. The zero-order valence-corrected chi connectivity index (χ0v) is 17.4. The lowest BCUT2D eigenvalue weighted by molar-refractivity contribution is 0.545. The van der Waals surface area contributed by atoms with E-state index in [0.29, 0.717) is 0 Å². The van der Waals surface area contributed by atoms with Crippen LogP contribution in [0.5, 0.6) is 0 Å². The molecule has 0 aromatic heterocycles. The van der Waals surface area contributed by atoms with Gasteiger partial charge in [0.2, 0.25) is 0 Å². The molecule has 0 aromatic rings. The molecule has 148 valence electrons. The monoisotopic (exact) mass is 366 g/mol. The van der Waals surface area contributed by atoms with Gasteiger partial charge < -0.3 is 4.90 Å². The van der Waals surface area contributed by atoms with Crippen molar-refractivity contribution in [3.63, 3.8) is 0 Å². The van der Waals surface area contributed by atoms with Crippen LogP contribution in [0, 0.1) is 0 Å². The number of hydrogen-bond donors (Lipinski definition) is 0. The van der Waals surface area contributed by atoms with E-state index in [1.807, 2.05) is 0 Å². The molecule has 0 amide bonds. The summed E-state index contributed by atoms with van der Waals surface area (Å²) < 4.78 is 0. The molecule has 1 aliphatic rings. The van der Waals surface area contributed by atoms with Crippen molar-refractivity contribution < 1.29 is 0 Å². The Morgan fingerprint density at radius 2 is 1.15 bits per heavy atom. The number of amidine groups is 1. The summed E-state index contributed by atoms with van der Waals surface area (Å²) in [6.45, 7) is 4.21. The summed E-state index contributed by atoms with van der Waals surface area (Å²) in [7, 11) is 2.13. The molecule has 2 nitrogen and oxygen atoms in total. The first kappa shape index (κ1) is 23.0. The molecular formula is C25H38N2. The van der Waals surface area contributed by atoms with Crippen molar-refractivity contribution in [2.75, 3.05) is 20.1 Å². The SMILES string of the molecule is CC/C=C\C/C=C\C/C=C\C/C=C\C/C=C\C/C=C\CCC1=NCCN1C. The van der Waals surface area contributed by atoms with Crippen molar-refractivity contribution in [2.45, 2.75) is 58.3 Å². The minimum absolute atomic E-state index is 0.968. The van der Waals surface area contributed by atoms with Gasteiger partial charge >= 0.3 is 0 Å². The summed E-state index contributed by atoms with van der Waals surface area (Å²) in [6, 6.07) is 0. The van der Waals surface area contributed by atoms with Crippen LogP contribution in [0.3, 0.4) is 0 Å². The van der Waals surface area contributed by atoms with Crippen LogP contribution >= 0.6 is 0 Å². The maximum atomic E-state index is 4.51. The molecule has 0 spiro atoms. The lowest BCUT2D eigenvalue weighted by Gasteiger charge is -2.12. The quantitative estimate of drug-likeness (QED) is 0.308. The molecule has 0 saturated carbocycles. The predicted octanol–water partition coefficient (Wildman–Crippen LogP) is 6.81. The van der Waals surface area contributed by atoms with Crippen LogP contribution in [-0.4, -0.2) is 30.9 Å². The van der Waals surface area contributed by atoms with Crippen molar-refractivity contribution in [1.82, 2.24) is 4.90 Å². The van der Waals surface area contributed by atoms with Crippen LogP contribution in [0.25, 0.3) is 0 Å². The van der Waals surface area contributed by atoms with Gasteiger partial charge in [-0.1, -0.05) is 79.8 Å². The average molecular weight is 367 g/mol. The Hall–Kier alpha value is -2.09. The molecule has 1 rings (SSSR count). The van der Waals surface area contributed by atoms with Crippen LogP contribution in [0.15, 0.2) is 77.9 Å². The summed E-state index contributed by atoms with van der Waals surface area (Å²) in [6.07, 6.45) is 35.3. The Balaban J connectivity index is 1.94. The van der Waals surface area contributed by atoms with E-state index in [1.54, 1.807) is 0 Å². The minimum Gasteiger partial charge on any atom is -0.362 e. The Morgan fingerprint density at radius 3 is 1.56 bits per heavy atom. The highest BCUT2D eigenvalue weighted by atomic mass is 15.2. The number of hydrogen-bond acceptors (Lipinski definition) is 2. The third kappa shape index (κ3) is 13.7. The zero-order chi connectivity index (χ0) is 19.4. The van der Waals surface area contributed by atoms with Crippen molar-refractivity contribution in [3.05, 3.63) is 72.9 Å². The number of allylic oxidation sites excluding steroid dienone is 12. The normalized spacial score (nSPS) is 15.9. The van der Waals surface area contributed by atoms with Crippen molar-refractivity contribution in [1.29, 1.82) is 0 Å². The van der Waals surface area contributed by atoms with E-state index in [9.17, 15) is 0 Å². The molecule has 1 aliphatic heterocycles. The van der Waals surface area contributed by atoms with E-state index in [4.69, 9.17) is 0 Å². The van der Waals surface area contributed by atoms with Gasteiger partial charge in [-0.15, -0.1) is 0 Å². The standard InChI is InChI=1S/C25H38N2/c1-3-4-5-6-7-8-9-10-11-12-13-14-15-16-17-18-19-20-21-22-25-26-23-24-27(25)2/h4-5,7-8,10-11,13-14,16-17,19-20H,3,6,9,12,15,18,21-24H2,1-2H3/b5-4-,8-7-,11-10-,14-13-,17-16-,20-19-. The molecule has 0 saturated heterocycles. The second-order valence-electron chi connectivity index (χ2n) is 6.67. The van der Waals surface area contributed by atoms with E-state index in [2.05, 4.69) is 96.8 Å². The van der Waals surface area contributed by atoms with Crippen molar-refractivity contribution >= 4 is 5.84 Å². The first-order valence-electron chi connectivity index (χ1n) is 10.5. The summed E-state index contributed by atoms with van der Waals surface area (Å²) in [4.78, 5) is 6.77. The topological polar surface area (TPSA) is 15.6 Å². The van der Waals surface area contributed by atoms with Gasteiger partial charge in [0.25, 0.3) is 0 Å². The van der Waals surface area contributed by atoms with Crippen molar-refractivity contribution in [2.24, 2.45) is 4.99 Å². The van der Waals surface area contributed by atoms with Gasteiger partial charge in [-0.25, -0.2) is 0 Å². The van der Waals surface area contributed by atoms with Crippen LogP contribution < -0.4 is 0 Å². The Morgan fingerprint density at radius 1 is 0.704 bits per heavy atom. The molecule has 0 bridgehead atoms. The molecule has 2 heteroatoms. The first-order valence-corrected chi connectivity index (χ1v) is 10.5. The van der Waals surface area contributed by atoms with E-state index in [-0.39, 0.29) is 0 Å². The molecule has 0 aromatic carbocycles. The third-order valence-electron chi connectivity index (χ3n) is 4.30. The molecule has 27 heavy (non-hydrogen) atoms. The number of rotatable bonds is 14. The Bertz CT molecular complexity index is 559. The Labute approximate surface area is 167 Å². The number of likely N-dealkylation sites (N-methyl/N-ethyl adjacent to an activating group) is 1. The lowest BCUT2D eigenvalue weighted by atomic mass is 10.2. The van der Waals surface area contributed by atoms with Gasteiger partial charge in [-0.2, -0.15) is 0 Å². The molecule has 0 atom stereocenters. The molecular weight excluding hydrogens is 328 g/mol. The van der Waals surface area contributed by atoms with E-state index in [0.717, 1.165) is 64.5 Å². The minimum atomic E-state index is 0.968. The van der Waals surface area contributed by atoms with Crippen LogP contribution in [0.4, 0.5) is 0 Å². The van der Waals surface area contributed by atoms with Crippen molar-refractivity contribution in [3.8, 4) is 0 Å². The van der Waals surface area contributed by atoms with Gasteiger partial charge in [0.1, 0.15) is 0 Å². The first-order chi connectivity index (χ1) is 13.3. The maximum Gasteiger partial charge on any atom is 0.0990 e. The van der Waals surface area contributed by atoms with Crippen LogP contribution in [0.2, 0.25) is 0 Å². The van der Waals surface area contributed by atoms with Gasteiger partial charge in [0.15, 0.2) is 0 Å². The smallest absolute Gasteiger partial charge is 0.0990 e. The fraction of sp³-hybridized carbons (Fsp3) is 0.480. The van der Waals surface area contributed by atoms with Gasteiger partial charge in [0, 0.05) is 20.0 Å².